The van der Waals surface area contributed by atoms with Crippen molar-refractivity contribution in [1.29, 1.82) is 0 Å². The van der Waals surface area contributed by atoms with Crippen molar-refractivity contribution in [2.75, 3.05) is 13.2 Å². The first kappa shape index (κ1) is 23.7. The fourth-order valence-corrected chi connectivity index (χ4v) is 4.98. The van der Waals surface area contributed by atoms with E-state index in [0.717, 1.165) is 30.7 Å². The minimum Gasteiger partial charge on any atom is -0.490 e. The molecule has 1 saturated carbocycles. The second kappa shape index (κ2) is 8.54. The van der Waals surface area contributed by atoms with E-state index >= 15 is 0 Å². The van der Waals surface area contributed by atoms with Crippen molar-refractivity contribution in [1.82, 2.24) is 25.2 Å². The van der Waals surface area contributed by atoms with Crippen molar-refractivity contribution >= 4 is 11.8 Å². The van der Waals surface area contributed by atoms with Gasteiger partial charge in [0.1, 0.15) is 36.1 Å². The Hall–Kier alpha value is -3.08. The van der Waals surface area contributed by atoms with Crippen molar-refractivity contribution in [3.05, 3.63) is 41.2 Å². The highest BCUT2D eigenvalue weighted by Gasteiger charge is 2.46. The van der Waals surface area contributed by atoms with E-state index in [4.69, 9.17) is 4.74 Å². The second-order valence-electron chi connectivity index (χ2n) is 10.7. The summed E-state index contributed by atoms with van der Waals surface area (Å²) in [7, 11) is 0. The minimum atomic E-state index is -0.957. The van der Waals surface area contributed by atoms with Crippen LogP contribution in [0.2, 0.25) is 0 Å². The Bertz CT molecular complexity index is 1160. The lowest BCUT2D eigenvalue weighted by molar-refractivity contribution is -0.144. The lowest BCUT2D eigenvalue weighted by Crippen LogP contribution is -2.51. The Labute approximate surface area is 201 Å². The molecule has 9 nitrogen and oxygen atoms in total. The van der Waals surface area contributed by atoms with Gasteiger partial charge >= 0.3 is 0 Å². The topological polar surface area (TPSA) is 110 Å². The molecular weight excluding hydrogens is 460 g/mol. The zero-order chi connectivity index (χ0) is 25.1. The Kier molecular flexibility index (Phi) is 5.77. The molecule has 5 rings (SSSR count). The summed E-state index contributed by atoms with van der Waals surface area (Å²) in [6.45, 7) is 5.65. The van der Waals surface area contributed by atoms with Gasteiger partial charge in [0.2, 0.25) is 11.8 Å². The lowest BCUT2D eigenvalue weighted by atomic mass is 9.85. The SMILES string of the molecule is CC(C)(C)[C@@H](C(=O)N1C[C@H](O)C[C@H]1C(=O)NC1COc2cc(F)cc(F)c21)n1cc(C2CC2)nn1. The first-order valence-corrected chi connectivity index (χ1v) is 11.9. The average molecular weight is 490 g/mol. The highest BCUT2D eigenvalue weighted by Crippen LogP contribution is 2.40. The molecule has 2 N–H and O–H groups in total. The number of β-amino-alcohol motifs (C(OH)–C–C–N with tert-alkyl or cyclic N) is 1. The molecule has 1 aromatic heterocycles. The van der Waals surface area contributed by atoms with E-state index in [1.54, 1.807) is 10.9 Å². The van der Waals surface area contributed by atoms with Crippen molar-refractivity contribution in [2.24, 2.45) is 5.41 Å². The summed E-state index contributed by atoms with van der Waals surface area (Å²) in [5.41, 5.74) is 0.367. The van der Waals surface area contributed by atoms with Crippen LogP contribution in [0.5, 0.6) is 5.75 Å². The van der Waals surface area contributed by atoms with Crippen LogP contribution in [-0.4, -0.2) is 62.1 Å². The maximum Gasteiger partial charge on any atom is 0.248 e. The number of ether oxygens (including phenoxy) is 1. The Morgan fingerprint density at radius 2 is 2.00 bits per heavy atom. The largest absolute Gasteiger partial charge is 0.490 e. The first-order chi connectivity index (χ1) is 16.5. The van der Waals surface area contributed by atoms with Gasteiger partial charge in [0.25, 0.3) is 0 Å². The third-order valence-corrected chi connectivity index (χ3v) is 6.83. The second-order valence-corrected chi connectivity index (χ2v) is 10.7. The summed E-state index contributed by atoms with van der Waals surface area (Å²) in [6.07, 6.45) is 3.06. The Morgan fingerprint density at radius 1 is 1.26 bits per heavy atom. The predicted molar refractivity (Wildman–Crippen MR) is 119 cm³/mol. The first-order valence-electron chi connectivity index (χ1n) is 11.9. The molecule has 3 aliphatic rings. The number of rotatable bonds is 5. The molecule has 0 spiro atoms. The Balaban J connectivity index is 1.37. The van der Waals surface area contributed by atoms with Crippen LogP contribution in [0.4, 0.5) is 8.78 Å². The van der Waals surface area contributed by atoms with Gasteiger partial charge in [-0.05, 0) is 18.3 Å². The third kappa shape index (κ3) is 4.49. The van der Waals surface area contributed by atoms with Gasteiger partial charge in [0.05, 0.1) is 23.4 Å². The van der Waals surface area contributed by atoms with Crippen LogP contribution in [0, 0.1) is 17.0 Å². The molecule has 11 heteroatoms. The molecule has 1 aromatic carbocycles. The molecule has 2 amide bonds. The van der Waals surface area contributed by atoms with Crippen molar-refractivity contribution in [2.45, 2.75) is 70.2 Å². The molecular formula is C24H29F2N5O4. The van der Waals surface area contributed by atoms with E-state index in [1.165, 1.54) is 4.90 Å². The zero-order valence-electron chi connectivity index (χ0n) is 19.9. The zero-order valence-corrected chi connectivity index (χ0v) is 19.9. The molecule has 1 unspecified atom stereocenters. The van der Waals surface area contributed by atoms with E-state index in [2.05, 4.69) is 15.6 Å². The van der Waals surface area contributed by atoms with E-state index in [9.17, 15) is 23.5 Å². The van der Waals surface area contributed by atoms with Crippen molar-refractivity contribution in [3.63, 3.8) is 0 Å². The number of amides is 2. The molecule has 4 atom stereocenters. The maximum atomic E-state index is 14.4. The minimum absolute atomic E-state index is 0.00892. The van der Waals surface area contributed by atoms with Crippen LogP contribution in [0.15, 0.2) is 18.3 Å². The number of benzene rings is 1. The summed E-state index contributed by atoms with van der Waals surface area (Å²) >= 11 is 0. The van der Waals surface area contributed by atoms with Gasteiger partial charge in [-0.25, -0.2) is 13.5 Å². The number of aliphatic hydroxyl groups excluding tert-OH is 1. The highest BCUT2D eigenvalue weighted by molar-refractivity contribution is 5.90. The summed E-state index contributed by atoms with van der Waals surface area (Å²) in [5, 5.41) is 21.5. The quantitative estimate of drug-likeness (QED) is 0.667. The number of hydrogen-bond donors (Lipinski definition) is 2. The van der Waals surface area contributed by atoms with Gasteiger partial charge in [-0.2, -0.15) is 0 Å². The van der Waals surface area contributed by atoms with Crippen LogP contribution in [0.1, 0.15) is 69.3 Å². The van der Waals surface area contributed by atoms with Gasteiger partial charge in [-0.15, -0.1) is 5.10 Å². The number of likely N-dealkylation sites (tertiary alicyclic amines) is 1. The lowest BCUT2D eigenvalue weighted by Gasteiger charge is -2.34. The molecule has 3 heterocycles. The number of aromatic nitrogens is 3. The van der Waals surface area contributed by atoms with E-state index in [1.807, 2.05) is 20.8 Å². The number of carbonyl (C=O) groups is 2. The number of nitrogens with zero attached hydrogens (tertiary/aromatic N) is 4. The summed E-state index contributed by atoms with van der Waals surface area (Å²) in [6, 6.07) is -0.714. The maximum absolute atomic E-state index is 14.4. The van der Waals surface area contributed by atoms with Crippen molar-refractivity contribution < 1.29 is 28.2 Å². The summed E-state index contributed by atoms with van der Waals surface area (Å²) < 4.78 is 34.8. The third-order valence-electron chi connectivity index (χ3n) is 6.83. The average Bonchev–Trinajstić information content (AvgIpc) is 3.16. The van der Waals surface area contributed by atoms with Gasteiger partial charge in [0, 0.05) is 37.2 Å². The molecule has 0 bridgehead atoms. The molecule has 2 aliphatic heterocycles. The van der Waals surface area contributed by atoms with Gasteiger partial charge in [0.15, 0.2) is 0 Å². The molecule has 0 radical (unpaired) electrons. The molecule has 2 fully saturated rings. The van der Waals surface area contributed by atoms with Crippen LogP contribution in [0.3, 0.4) is 0 Å². The number of nitrogens with one attached hydrogen (secondary N) is 1. The van der Waals surface area contributed by atoms with Crippen LogP contribution < -0.4 is 10.1 Å². The fourth-order valence-electron chi connectivity index (χ4n) is 4.98. The van der Waals surface area contributed by atoms with Gasteiger partial charge < -0.3 is 20.1 Å². The van der Waals surface area contributed by atoms with Crippen LogP contribution in [-0.2, 0) is 9.59 Å². The van der Waals surface area contributed by atoms with Crippen LogP contribution in [0.25, 0.3) is 0 Å². The van der Waals surface area contributed by atoms with E-state index in [0.29, 0.717) is 5.92 Å². The summed E-state index contributed by atoms with van der Waals surface area (Å²) in [4.78, 5) is 28.4. The standard InChI is InChI=1S/C24H29F2N5O4/c1-24(2,3)21(31-10-16(28-29-31)12-4-5-12)23(34)30-9-14(32)8-18(30)22(33)27-17-11-35-19-7-13(25)6-15(26)20(17)19/h6-7,10,12,14,17-18,21,32H,4-5,8-9,11H2,1-3H3,(H,27,33)/t14-,17?,18+,21-/m1/s1. The monoisotopic (exact) mass is 489 g/mol. The van der Waals surface area contributed by atoms with Gasteiger partial charge in [-0.3, -0.25) is 9.59 Å². The number of fused-ring (bicyclic) bond motifs is 1. The molecule has 1 aliphatic carbocycles. The number of aliphatic hydroxyl groups is 1. The fraction of sp³-hybridized carbons (Fsp3) is 0.583. The number of carbonyl (C=O) groups excluding carboxylic acids is 2. The number of hydrogen-bond acceptors (Lipinski definition) is 6. The van der Waals surface area contributed by atoms with Gasteiger partial charge in [-0.1, -0.05) is 26.0 Å². The van der Waals surface area contributed by atoms with Crippen molar-refractivity contribution in [3.8, 4) is 5.75 Å². The molecule has 188 valence electrons. The van der Waals surface area contributed by atoms with E-state index in [-0.39, 0.29) is 36.8 Å². The number of halogens is 2. The van der Waals surface area contributed by atoms with Crippen LogP contribution >= 0.6 is 0 Å². The smallest absolute Gasteiger partial charge is 0.248 e. The predicted octanol–water partition coefficient (Wildman–Crippen LogP) is 2.23. The molecule has 2 aromatic rings. The Morgan fingerprint density at radius 3 is 2.69 bits per heavy atom. The summed E-state index contributed by atoms with van der Waals surface area (Å²) in [5.74, 6) is -2.06. The molecule has 1 saturated heterocycles. The normalized spacial score (nSPS) is 24.7. The molecule has 35 heavy (non-hydrogen) atoms. The van der Waals surface area contributed by atoms with E-state index < -0.39 is 47.2 Å². The highest BCUT2D eigenvalue weighted by atomic mass is 19.1.